The number of hydrogen-bond acceptors (Lipinski definition) is 1. The fraction of sp³-hybridized carbons (Fsp3) is 0.200. The fourth-order valence-electron chi connectivity index (χ4n) is 1.94. The first-order chi connectivity index (χ1) is 8.61. The first-order valence-electron chi connectivity index (χ1n) is 5.91. The highest BCUT2D eigenvalue weighted by Gasteiger charge is 2.12. The minimum atomic E-state index is -0.221. The highest BCUT2D eigenvalue weighted by Crippen LogP contribution is 2.29. The van der Waals surface area contributed by atoms with Gasteiger partial charge in [0.05, 0.1) is 6.04 Å². The molecule has 0 fully saturated rings. The van der Waals surface area contributed by atoms with Gasteiger partial charge in [-0.25, -0.2) is 0 Å². The molecule has 0 aliphatic rings. The topological polar surface area (TPSA) is 26.0 Å². The number of halogens is 2. The summed E-state index contributed by atoms with van der Waals surface area (Å²) >= 11 is 12.1. The molecule has 0 saturated carbocycles. The first kappa shape index (κ1) is 13.4. The van der Waals surface area contributed by atoms with Crippen LogP contribution in [0.5, 0.6) is 0 Å². The maximum Gasteiger partial charge on any atom is 0.0566 e. The largest absolute Gasteiger partial charge is 0.320 e. The van der Waals surface area contributed by atoms with Gasteiger partial charge in [-0.3, -0.25) is 0 Å². The minimum Gasteiger partial charge on any atom is -0.320 e. The summed E-state index contributed by atoms with van der Waals surface area (Å²) in [5, 5.41) is 1.23. The molecule has 94 valence electrons. The predicted molar refractivity (Wildman–Crippen MR) is 78.3 cm³/mol. The van der Waals surface area contributed by atoms with E-state index in [1.807, 2.05) is 24.3 Å². The van der Waals surface area contributed by atoms with Crippen molar-refractivity contribution >= 4 is 23.2 Å². The summed E-state index contributed by atoms with van der Waals surface area (Å²) in [6.45, 7) is 2.12. The average molecular weight is 280 g/mol. The highest BCUT2D eigenvalue weighted by molar-refractivity contribution is 6.35. The van der Waals surface area contributed by atoms with Crippen LogP contribution in [0, 0.1) is 0 Å². The Balaban J connectivity index is 2.37. The Hall–Kier alpha value is -1.02. The average Bonchev–Trinajstić information content (AvgIpc) is 2.38. The van der Waals surface area contributed by atoms with E-state index in [4.69, 9.17) is 28.9 Å². The molecule has 0 spiro atoms. The molecule has 1 unspecified atom stereocenters. The van der Waals surface area contributed by atoms with Crippen LogP contribution in [0.15, 0.2) is 42.5 Å². The number of benzene rings is 2. The Morgan fingerprint density at radius 2 is 1.89 bits per heavy atom. The Labute approximate surface area is 118 Å². The second-order valence-electron chi connectivity index (χ2n) is 4.24. The summed E-state index contributed by atoms with van der Waals surface area (Å²) in [6, 6.07) is 13.5. The molecule has 18 heavy (non-hydrogen) atoms. The predicted octanol–water partition coefficient (Wildman–Crippen LogP) is 4.60. The van der Waals surface area contributed by atoms with Gasteiger partial charge in [0.15, 0.2) is 0 Å². The Morgan fingerprint density at radius 1 is 1.11 bits per heavy atom. The molecule has 1 atom stereocenters. The summed E-state index contributed by atoms with van der Waals surface area (Å²) in [5.41, 5.74) is 9.50. The monoisotopic (exact) mass is 279 g/mol. The smallest absolute Gasteiger partial charge is 0.0566 e. The lowest BCUT2D eigenvalue weighted by atomic mass is 9.97. The van der Waals surface area contributed by atoms with Crippen LogP contribution >= 0.6 is 23.2 Å². The second kappa shape index (κ2) is 5.75. The molecular formula is C15H15Cl2N. The van der Waals surface area contributed by atoms with E-state index >= 15 is 0 Å². The van der Waals surface area contributed by atoms with Crippen LogP contribution in [0.3, 0.4) is 0 Å². The summed E-state index contributed by atoms with van der Waals surface area (Å²) in [7, 11) is 0. The van der Waals surface area contributed by atoms with Crippen LogP contribution in [0.2, 0.25) is 10.0 Å². The summed E-state index contributed by atoms with van der Waals surface area (Å²) < 4.78 is 0. The molecule has 2 N–H and O–H groups in total. The molecule has 3 heteroatoms. The molecule has 0 aliphatic heterocycles. The van der Waals surface area contributed by atoms with Gasteiger partial charge < -0.3 is 5.73 Å². The fourth-order valence-corrected chi connectivity index (χ4v) is 2.47. The van der Waals surface area contributed by atoms with Crippen molar-refractivity contribution in [2.45, 2.75) is 19.4 Å². The molecule has 2 aromatic rings. The number of aryl methyl sites for hydroxylation is 1. The van der Waals surface area contributed by atoms with E-state index in [1.165, 1.54) is 5.56 Å². The first-order valence-corrected chi connectivity index (χ1v) is 6.66. The third kappa shape index (κ3) is 2.86. The van der Waals surface area contributed by atoms with Crippen LogP contribution in [-0.4, -0.2) is 0 Å². The molecule has 0 bridgehead atoms. The molecular weight excluding hydrogens is 265 g/mol. The molecule has 0 amide bonds. The number of nitrogens with two attached hydrogens (primary N) is 1. The van der Waals surface area contributed by atoms with Crippen molar-refractivity contribution in [1.29, 1.82) is 0 Å². The van der Waals surface area contributed by atoms with Gasteiger partial charge in [0.25, 0.3) is 0 Å². The molecule has 0 heterocycles. The third-order valence-electron chi connectivity index (χ3n) is 3.02. The highest BCUT2D eigenvalue weighted by atomic mass is 35.5. The van der Waals surface area contributed by atoms with Crippen molar-refractivity contribution < 1.29 is 0 Å². The van der Waals surface area contributed by atoms with Gasteiger partial charge in [-0.05, 0) is 35.2 Å². The maximum absolute atomic E-state index is 6.26. The van der Waals surface area contributed by atoms with Crippen molar-refractivity contribution in [3.63, 3.8) is 0 Å². The second-order valence-corrected chi connectivity index (χ2v) is 5.09. The van der Waals surface area contributed by atoms with Crippen molar-refractivity contribution in [2.24, 2.45) is 5.73 Å². The van der Waals surface area contributed by atoms with Gasteiger partial charge in [0, 0.05) is 10.0 Å². The molecule has 0 aliphatic carbocycles. The molecule has 2 aromatic carbocycles. The number of hydrogen-bond donors (Lipinski definition) is 1. The van der Waals surface area contributed by atoms with Crippen LogP contribution in [0.1, 0.15) is 29.7 Å². The molecule has 2 rings (SSSR count). The lowest BCUT2D eigenvalue weighted by molar-refractivity contribution is 0.867. The zero-order chi connectivity index (χ0) is 13.1. The van der Waals surface area contributed by atoms with Gasteiger partial charge in [-0.2, -0.15) is 0 Å². The lowest BCUT2D eigenvalue weighted by Crippen LogP contribution is -2.12. The quantitative estimate of drug-likeness (QED) is 0.873. The number of rotatable bonds is 3. The van der Waals surface area contributed by atoms with Crippen LogP contribution in [0.4, 0.5) is 0 Å². The van der Waals surface area contributed by atoms with Crippen molar-refractivity contribution in [1.82, 2.24) is 0 Å². The van der Waals surface area contributed by atoms with E-state index in [0.29, 0.717) is 10.0 Å². The van der Waals surface area contributed by atoms with Crippen molar-refractivity contribution in [2.75, 3.05) is 0 Å². The van der Waals surface area contributed by atoms with Crippen LogP contribution in [0.25, 0.3) is 0 Å². The SMILES string of the molecule is CCc1cccc(C(N)c2ccc(Cl)cc2Cl)c1. The third-order valence-corrected chi connectivity index (χ3v) is 3.58. The standard InChI is InChI=1S/C15H15Cl2N/c1-2-10-4-3-5-11(8-10)15(18)13-7-6-12(16)9-14(13)17/h3-9,15H,2,18H2,1H3. The lowest BCUT2D eigenvalue weighted by Gasteiger charge is -2.15. The zero-order valence-electron chi connectivity index (χ0n) is 10.2. The molecule has 0 radical (unpaired) electrons. The minimum absolute atomic E-state index is 0.221. The van der Waals surface area contributed by atoms with Crippen molar-refractivity contribution in [3.8, 4) is 0 Å². The van der Waals surface area contributed by atoms with Gasteiger partial charge in [0.2, 0.25) is 0 Å². The van der Waals surface area contributed by atoms with E-state index in [9.17, 15) is 0 Å². The van der Waals surface area contributed by atoms with E-state index in [-0.39, 0.29) is 6.04 Å². The molecule has 0 aromatic heterocycles. The van der Waals surface area contributed by atoms with Crippen LogP contribution in [-0.2, 0) is 6.42 Å². The van der Waals surface area contributed by atoms with Gasteiger partial charge in [0.1, 0.15) is 0 Å². The summed E-state index contributed by atoms with van der Waals surface area (Å²) in [6.07, 6.45) is 0.995. The Morgan fingerprint density at radius 3 is 2.56 bits per heavy atom. The van der Waals surface area contributed by atoms with Gasteiger partial charge >= 0.3 is 0 Å². The summed E-state index contributed by atoms with van der Waals surface area (Å²) in [4.78, 5) is 0. The summed E-state index contributed by atoms with van der Waals surface area (Å²) in [5.74, 6) is 0. The van der Waals surface area contributed by atoms with Crippen molar-refractivity contribution in [3.05, 3.63) is 69.2 Å². The van der Waals surface area contributed by atoms with E-state index < -0.39 is 0 Å². The van der Waals surface area contributed by atoms with Crippen LogP contribution < -0.4 is 5.73 Å². The Kier molecular flexibility index (Phi) is 4.28. The molecule has 0 saturated heterocycles. The Bertz CT molecular complexity index is 552. The van der Waals surface area contributed by atoms with E-state index in [2.05, 4.69) is 19.1 Å². The van der Waals surface area contributed by atoms with E-state index in [1.54, 1.807) is 6.07 Å². The maximum atomic E-state index is 6.26. The molecule has 1 nitrogen and oxygen atoms in total. The van der Waals surface area contributed by atoms with Gasteiger partial charge in [-0.1, -0.05) is 60.5 Å². The van der Waals surface area contributed by atoms with Gasteiger partial charge in [-0.15, -0.1) is 0 Å². The van der Waals surface area contributed by atoms with E-state index in [0.717, 1.165) is 17.5 Å². The normalized spacial score (nSPS) is 12.4. The zero-order valence-corrected chi connectivity index (χ0v) is 11.7.